The maximum absolute atomic E-state index is 6.34. The van der Waals surface area contributed by atoms with Crippen LogP contribution in [0.3, 0.4) is 0 Å². The molecule has 1 aliphatic rings. The van der Waals surface area contributed by atoms with E-state index in [0.717, 1.165) is 26.3 Å². The van der Waals surface area contributed by atoms with Gasteiger partial charge in [-0.15, -0.1) is 0 Å². The second-order valence-corrected chi connectivity index (χ2v) is 4.83. The Kier molecular flexibility index (Phi) is 4.15. The van der Waals surface area contributed by atoms with E-state index in [1.54, 1.807) is 0 Å². The normalized spacial score (nSPS) is 21.1. The average Bonchev–Trinajstić information content (AvgIpc) is 2.39. The number of nitrogens with two attached hydrogens (primary N) is 1. The number of hydrogen-bond acceptors (Lipinski definition) is 3. The molecule has 2 rings (SSSR count). The fraction of sp³-hybridized carbons (Fsp3) is 0.571. The first kappa shape index (κ1) is 12.6. The van der Waals surface area contributed by atoms with Crippen LogP contribution in [0.25, 0.3) is 0 Å². The Morgan fingerprint density at radius 2 is 1.76 bits per heavy atom. The molecule has 0 saturated carbocycles. The minimum Gasteiger partial charge on any atom is -0.379 e. The number of rotatable bonds is 3. The Hall–Kier alpha value is -0.900. The van der Waals surface area contributed by atoms with E-state index in [1.807, 2.05) is 0 Å². The molecule has 17 heavy (non-hydrogen) atoms. The van der Waals surface area contributed by atoms with Crippen LogP contribution in [0.5, 0.6) is 0 Å². The zero-order valence-corrected chi connectivity index (χ0v) is 10.7. The molecule has 3 nitrogen and oxygen atoms in total. The van der Waals surface area contributed by atoms with E-state index in [2.05, 4.69) is 43.0 Å². The molecule has 0 unspecified atom stereocenters. The van der Waals surface area contributed by atoms with E-state index >= 15 is 0 Å². The van der Waals surface area contributed by atoms with Crippen molar-refractivity contribution in [3.8, 4) is 0 Å². The summed E-state index contributed by atoms with van der Waals surface area (Å²) >= 11 is 0. The second-order valence-electron chi connectivity index (χ2n) is 4.83. The van der Waals surface area contributed by atoms with Crippen LogP contribution in [0, 0.1) is 6.92 Å². The Morgan fingerprint density at radius 1 is 1.18 bits per heavy atom. The van der Waals surface area contributed by atoms with Crippen LogP contribution in [0.1, 0.15) is 24.1 Å². The predicted octanol–water partition coefficient (Wildman–Crippen LogP) is 1.72. The van der Waals surface area contributed by atoms with Crippen LogP contribution in [0.2, 0.25) is 0 Å². The van der Waals surface area contributed by atoms with E-state index in [9.17, 15) is 0 Å². The third-order valence-corrected chi connectivity index (χ3v) is 3.60. The molecular weight excluding hydrogens is 212 g/mol. The van der Waals surface area contributed by atoms with Gasteiger partial charge in [0.25, 0.3) is 0 Å². The number of nitrogens with zero attached hydrogens (tertiary/aromatic N) is 1. The fourth-order valence-corrected chi connectivity index (χ4v) is 2.28. The lowest BCUT2D eigenvalue weighted by molar-refractivity contribution is 0.0150. The van der Waals surface area contributed by atoms with Crippen LogP contribution < -0.4 is 5.73 Å². The lowest BCUT2D eigenvalue weighted by Crippen LogP contribution is -2.46. The summed E-state index contributed by atoms with van der Waals surface area (Å²) < 4.78 is 5.37. The van der Waals surface area contributed by atoms with Crippen LogP contribution in [0.4, 0.5) is 0 Å². The monoisotopic (exact) mass is 234 g/mol. The van der Waals surface area contributed by atoms with Crippen molar-refractivity contribution in [2.45, 2.75) is 25.9 Å². The molecule has 0 radical (unpaired) electrons. The highest BCUT2D eigenvalue weighted by Gasteiger charge is 2.23. The van der Waals surface area contributed by atoms with Gasteiger partial charge in [-0.25, -0.2) is 0 Å². The lowest BCUT2D eigenvalue weighted by Gasteiger charge is -2.35. The van der Waals surface area contributed by atoms with Crippen LogP contribution in [-0.2, 0) is 4.74 Å². The summed E-state index contributed by atoms with van der Waals surface area (Å²) in [4.78, 5) is 2.41. The molecule has 1 aliphatic heterocycles. The lowest BCUT2D eigenvalue weighted by atomic mass is 9.99. The van der Waals surface area contributed by atoms with Gasteiger partial charge in [0.05, 0.1) is 13.2 Å². The highest BCUT2D eigenvalue weighted by Crippen LogP contribution is 2.19. The van der Waals surface area contributed by atoms with Gasteiger partial charge in [0.15, 0.2) is 0 Å². The van der Waals surface area contributed by atoms with E-state index in [4.69, 9.17) is 10.5 Å². The molecule has 1 heterocycles. The van der Waals surface area contributed by atoms with Gasteiger partial charge in [0.2, 0.25) is 0 Å². The molecule has 94 valence electrons. The van der Waals surface area contributed by atoms with E-state index in [-0.39, 0.29) is 6.04 Å². The molecule has 0 spiro atoms. The Bertz CT molecular complexity index is 344. The highest BCUT2D eigenvalue weighted by molar-refractivity contribution is 5.24. The summed E-state index contributed by atoms with van der Waals surface area (Å²) in [6.07, 6.45) is 0. The van der Waals surface area contributed by atoms with Gasteiger partial charge >= 0.3 is 0 Å². The zero-order chi connectivity index (χ0) is 12.3. The van der Waals surface area contributed by atoms with Crippen molar-refractivity contribution in [2.24, 2.45) is 5.73 Å². The maximum Gasteiger partial charge on any atom is 0.0594 e. The number of aryl methyl sites for hydroxylation is 1. The highest BCUT2D eigenvalue weighted by atomic mass is 16.5. The van der Waals surface area contributed by atoms with Gasteiger partial charge in [0, 0.05) is 25.2 Å². The fourth-order valence-electron chi connectivity index (χ4n) is 2.28. The SMILES string of the molecule is Cc1ccc([C@@H](N)[C@H](C)N2CCOCC2)cc1. The molecular formula is C14H22N2O. The molecule has 1 saturated heterocycles. The number of morpholine rings is 1. The van der Waals surface area contributed by atoms with Crippen molar-refractivity contribution in [1.29, 1.82) is 0 Å². The third kappa shape index (κ3) is 3.06. The topological polar surface area (TPSA) is 38.5 Å². The first-order valence-electron chi connectivity index (χ1n) is 6.32. The Morgan fingerprint density at radius 3 is 2.35 bits per heavy atom. The zero-order valence-electron chi connectivity index (χ0n) is 10.7. The second kappa shape index (κ2) is 5.63. The number of hydrogen-bond donors (Lipinski definition) is 1. The molecule has 2 N–H and O–H groups in total. The summed E-state index contributed by atoms with van der Waals surface area (Å²) in [6, 6.07) is 8.96. The summed E-state index contributed by atoms with van der Waals surface area (Å²) in [7, 11) is 0. The van der Waals surface area contributed by atoms with Crippen molar-refractivity contribution in [1.82, 2.24) is 4.90 Å². The van der Waals surface area contributed by atoms with Crippen molar-refractivity contribution in [3.05, 3.63) is 35.4 Å². The molecule has 0 aromatic heterocycles. The number of ether oxygens (including phenoxy) is 1. The van der Waals surface area contributed by atoms with Gasteiger partial charge < -0.3 is 10.5 Å². The van der Waals surface area contributed by atoms with Crippen molar-refractivity contribution >= 4 is 0 Å². The summed E-state index contributed by atoms with van der Waals surface area (Å²) in [5, 5.41) is 0. The van der Waals surface area contributed by atoms with Crippen molar-refractivity contribution < 1.29 is 4.74 Å². The molecule has 0 bridgehead atoms. The van der Waals surface area contributed by atoms with E-state index in [1.165, 1.54) is 11.1 Å². The number of benzene rings is 1. The minimum absolute atomic E-state index is 0.0775. The van der Waals surface area contributed by atoms with E-state index < -0.39 is 0 Å². The van der Waals surface area contributed by atoms with Gasteiger partial charge in [-0.2, -0.15) is 0 Å². The van der Waals surface area contributed by atoms with Gasteiger partial charge in [-0.3, -0.25) is 4.90 Å². The first-order chi connectivity index (χ1) is 8.18. The Labute approximate surface area is 104 Å². The Balaban J connectivity index is 2.02. The van der Waals surface area contributed by atoms with Crippen LogP contribution in [0.15, 0.2) is 24.3 Å². The average molecular weight is 234 g/mol. The van der Waals surface area contributed by atoms with Crippen LogP contribution >= 0.6 is 0 Å². The van der Waals surface area contributed by atoms with Crippen molar-refractivity contribution in [2.75, 3.05) is 26.3 Å². The molecule has 1 aromatic rings. The summed E-state index contributed by atoms with van der Waals surface area (Å²) in [5.41, 5.74) is 8.83. The first-order valence-corrected chi connectivity index (χ1v) is 6.32. The molecule has 3 heteroatoms. The van der Waals surface area contributed by atoms with Gasteiger partial charge in [0.1, 0.15) is 0 Å². The van der Waals surface area contributed by atoms with E-state index in [0.29, 0.717) is 6.04 Å². The van der Waals surface area contributed by atoms with Gasteiger partial charge in [-0.05, 0) is 19.4 Å². The molecule has 1 aromatic carbocycles. The summed E-state index contributed by atoms with van der Waals surface area (Å²) in [6.45, 7) is 7.92. The predicted molar refractivity (Wildman–Crippen MR) is 70.0 cm³/mol. The summed E-state index contributed by atoms with van der Waals surface area (Å²) in [5.74, 6) is 0. The molecule has 2 atom stereocenters. The largest absolute Gasteiger partial charge is 0.379 e. The van der Waals surface area contributed by atoms with Crippen LogP contribution in [-0.4, -0.2) is 37.2 Å². The van der Waals surface area contributed by atoms with Crippen molar-refractivity contribution in [3.63, 3.8) is 0 Å². The maximum atomic E-state index is 6.34. The smallest absolute Gasteiger partial charge is 0.0594 e. The molecule has 0 amide bonds. The molecule has 1 fully saturated rings. The minimum atomic E-state index is 0.0775. The standard InChI is InChI=1S/C14H22N2O/c1-11-3-5-13(6-4-11)14(15)12(2)16-7-9-17-10-8-16/h3-6,12,14H,7-10,15H2,1-2H3/t12-,14-/m0/s1. The quantitative estimate of drug-likeness (QED) is 0.865. The third-order valence-electron chi connectivity index (χ3n) is 3.60. The molecule has 0 aliphatic carbocycles. The van der Waals surface area contributed by atoms with Gasteiger partial charge in [-0.1, -0.05) is 29.8 Å².